The highest BCUT2D eigenvalue weighted by Crippen LogP contribution is 2.10. The Hall–Kier alpha value is -2.08. The number of carbonyl (C=O) groups is 2. The van der Waals surface area contributed by atoms with Crippen LogP contribution in [0.25, 0.3) is 0 Å². The van der Waals surface area contributed by atoms with E-state index in [2.05, 4.69) is 11.1 Å². The number of phenolic OH excluding ortho intramolecular Hbond substituents is 1. The molecular formula is C14H22N3O3+. The van der Waals surface area contributed by atoms with Crippen molar-refractivity contribution in [3.05, 3.63) is 29.8 Å². The number of hydrogen-bond donors (Lipinski definition) is 4. The zero-order valence-corrected chi connectivity index (χ0v) is 11.8. The molecular weight excluding hydrogens is 258 g/mol. The molecule has 0 radical (unpaired) electrons. The molecule has 1 aromatic carbocycles. The van der Waals surface area contributed by atoms with Gasteiger partial charge in [0.2, 0.25) is 5.91 Å². The fourth-order valence-corrected chi connectivity index (χ4v) is 1.85. The number of quaternary nitrogens is 1. The van der Waals surface area contributed by atoms with Gasteiger partial charge in [0.25, 0.3) is 5.91 Å². The van der Waals surface area contributed by atoms with Crippen LogP contribution in [0, 0.1) is 5.92 Å². The minimum Gasteiger partial charge on any atom is -0.508 e. The van der Waals surface area contributed by atoms with E-state index in [1.807, 2.05) is 13.8 Å². The van der Waals surface area contributed by atoms with Crippen molar-refractivity contribution in [3.8, 4) is 5.75 Å². The maximum absolute atomic E-state index is 12.0. The van der Waals surface area contributed by atoms with Gasteiger partial charge in [-0.2, -0.15) is 0 Å². The minimum absolute atomic E-state index is 0.0719. The molecule has 2 atom stereocenters. The molecule has 6 heteroatoms. The first-order valence-corrected chi connectivity index (χ1v) is 6.52. The number of nitrogens with two attached hydrogens (primary N) is 1. The van der Waals surface area contributed by atoms with E-state index in [-0.39, 0.29) is 17.6 Å². The molecule has 0 fully saturated rings. The zero-order chi connectivity index (χ0) is 15.3. The van der Waals surface area contributed by atoms with E-state index in [0.717, 1.165) is 5.56 Å². The Morgan fingerprint density at radius 3 is 2.30 bits per heavy atom. The molecule has 1 rings (SSSR count). The number of phenols is 1. The first kappa shape index (κ1) is 16.0. The molecule has 2 amide bonds. The van der Waals surface area contributed by atoms with Gasteiger partial charge in [-0.15, -0.1) is 0 Å². The molecule has 7 N–H and O–H groups in total. The van der Waals surface area contributed by atoms with E-state index in [0.29, 0.717) is 6.42 Å². The Balaban J connectivity index is 2.62. The SMILES string of the molecule is CC(C)[C@H](NC(=O)[C@H]([NH3+])Cc1ccc(O)cc1)C(N)=O. The number of amides is 2. The Morgan fingerprint density at radius 1 is 1.30 bits per heavy atom. The summed E-state index contributed by atoms with van der Waals surface area (Å²) in [6.45, 7) is 3.63. The molecule has 0 bridgehead atoms. The van der Waals surface area contributed by atoms with E-state index in [1.165, 1.54) is 0 Å². The van der Waals surface area contributed by atoms with Gasteiger partial charge >= 0.3 is 0 Å². The van der Waals surface area contributed by atoms with E-state index >= 15 is 0 Å². The second-order valence-corrected chi connectivity index (χ2v) is 5.20. The van der Waals surface area contributed by atoms with Gasteiger partial charge in [-0.3, -0.25) is 9.59 Å². The maximum Gasteiger partial charge on any atom is 0.279 e. The van der Waals surface area contributed by atoms with E-state index in [4.69, 9.17) is 5.73 Å². The lowest BCUT2D eigenvalue weighted by atomic mass is 10.0. The van der Waals surface area contributed by atoms with Crippen LogP contribution in [0.5, 0.6) is 5.75 Å². The Bertz CT molecular complexity index is 471. The van der Waals surface area contributed by atoms with E-state index < -0.39 is 18.0 Å². The third kappa shape index (κ3) is 4.55. The second kappa shape index (κ2) is 6.91. The van der Waals surface area contributed by atoms with Crippen molar-refractivity contribution < 1.29 is 20.4 Å². The predicted octanol–water partition coefficient (Wildman–Crippen LogP) is -0.829. The lowest BCUT2D eigenvalue weighted by Crippen LogP contribution is -2.70. The molecule has 0 heterocycles. The smallest absolute Gasteiger partial charge is 0.279 e. The Kier molecular flexibility index (Phi) is 5.52. The summed E-state index contributed by atoms with van der Waals surface area (Å²) >= 11 is 0. The molecule has 6 nitrogen and oxygen atoms in total. The lowest BCUT2D eigenvalue weighted by Gasteiger charge is -2.20. The van der Waals surface area contributed by atoms with Crippen LogP contribution in [0.15, 0.2) is 24.3 Å². The molecule has 0 saturated carbocycles. The normalized spacial score (nSPS) is 13.8. The summed E-state index contributed by atoms with van der Waals surface area (Å²) in [5.41, 5.74) is 9.94. The maximum atomic E-state index is 12.0. The Morgan fingerprint density at radius 2 is 1.85 bits per heavy atom. The molecule has 0 aromatic heterocycles. The lowest BCUT2D eigenvalue weighted by molar-refractivity contribution is -0.403. The predicted molar refractivity (Wildman–Crippen MR) is 74.5 cm³/mol. The molecule has 1 aromatic rings. The summed E-state index contributed by atoms with van der Waals surface area (Å²) in [5.74, 6) is -0.759. The molecule has 0 spiro atoms. The molecule has 0 aliphatic rings. The first-order valence-electron chi connectivity index (χ1n) is 6.52. The second-order valence-electron chi connectivity index (χ2n) is 5.20. The summed E-state index contributed by atoms with van der Waals surface area (Å²) in [5, 5.41) is 11.8. The van der Waals surface area contributed by atoms with Gasteiger partial charge in [0.1, 0.15) is 11.8 Å². The summed E-state index contributed by atoms with van der Waals surface area (Å²) in [6.07, 6.45) is 0.426. The first-order chi connectivity index (χ1) is 9.31. The quantitative estimate of drug-likeness (QED) is 0.544. The highest BCUT2D eigenvalue weighted by Gasteiger charge is 2.26. The summed E-state index contributed by atoms with van der Waals surface area (Å²) < 4.78 is 0. The molecule has 20 heavy (non-hydrogen) atoms. The molecule has 110 valence electrons. The summed E-state index contributed by atoms with van der Waals surface area (Å²) in [4.78, 5) is 23.3. The highest BCUT2D eigenvalue weighted by atomic mass is 16.3. The van der Waals surface area contributed by atoms with Gasteiger partial charge in [0.15, 0.2) is 6.04 Å². The van der Waals surface area contributed by atoms with Crippen LogP contribution in [0.3, 0.4) is 0 Å². The average Bonchev–Trinajstić information content (AvgIpc) is 2.37. The van der Waals surface area contributed by atoms with Crippen molar-refractivity contribution in [2.24, 2.45) is 11.7 Å². The standard InChI is InChI=1S/C14H21N3O3/c1-8(2)12(13(16)19)17-14(20)11(15)7-9-3-5-10(18)6-4-9/h3-6,8,11-12,18H,7,15H2,1-2H3,(H2,16,19)(H,17,20)/p+1/t11-,12+/m1/s1. The average molecular weight is 280 g/mol. The van der Waals surface area contributed by atoms with Gasteiger partial charge in [-0.1, -0.05) is 26.0 Å². The highest BCUT2D eigenvalue weighted by molar-refractivity contribution is 5.88. The van der Waals surface area contributed by atoms with Crippen molar-refractivity contribution >= 4 is 11.8 Å². The fourth-order valence-electron chi connectivity index (χ4n) is 1.85. The van der Waals surface area contributed by atoms with Crippen molar-refractivity contribution in [1.82, 2.24) is 5.32 Å². The number of rotatable bonds is 6. The van der Waals surface area contributed by atoms with Crippen molar-refractivity contribution in [1.29, 1.82) is 0 Å². The largest absolute Gasteiger partial charge is 0.508 e. The van der Waals surface area contributed by atoms with Crippen LogP contribution < -0.4 is 16.8 Å². The number of carbonyl (C=O) groups excluding carboxylic acids is 2. The van der Waals surface area contributed by atoms with Gasteiger partial charge in [0, 0.05) is 6.42 Å². The molecule has 0 unspecified atom stereocenters. The number of hydrogen-bond acceptors (Lipinski definition) is 3. The third-order valence-corrected chi connectivity index (χ3v) is 3.06. The number of aromatic hydroxyl groups is 1. The van der Waals surface area contributed by atoms with Crippen LogP contribution in [0.4, 0.5) is 0 Å². The topological polar surface area (TPSA) is 120 Å². The van der Waals surface area contributed by atoms with Gasteiger partial charge in [-0.25, -0.2) is 0 Å². The number of nitrogens with one attached hydrogen (secondary N) is 1. The van der Waals surface area contributed by atoms with Gasteiger partial charge in [-0.05, 0) is 23.6 Å². The molecule has 0 saturated heterocycles. The van der Waals surface area contributed by atoms with Crippen molar-refractivity contribution in [2.75, 3.05) is 0 Å². The van der Waals surface area contributed by atoms with Gasteiger partial charge < -0.3 is 21.9 Å². The van der Waals surface area contributed by atoms with Crippen molar-refractivity contribution in [2.45, 2.75) is 32.4 Å². The van der Waals surface area contributed by atoms with E-state index in [1.54, 1.807) is 24.3 Å². The zero-order valence-electron chi connectivity index (χ0n) is 11.8. The van der Waals surface area contributed by atoms with Crippen LogP contribution in [-0.2, 0) is 16.0 Å². The molecule has 0 aliphatic heterocycles. The van der Waals surface area contributed by atoms with Crippen molar-refractivity contribution in [3.63, 3.8) is 0 Å². The van der Waals surface area contributed by atoms with Crippen LogP contribution in [0.2, 0.25) is 0 Å². The number of benzene rings is 1. The third-order valence-electron chi connectivity index (χ3n) is 3.06. The monoisotopic (exact) mass is 280 g/mol. The van der Waals surface area contributed by atoms with E-state index in [9.17, 15) is 14.7 Å². The minimum atomic E-state index is -0.688. The van der Waals surface area contributed by atoms with Crippen LogP contribution >= 0.6 is 0 Å². The summed E-state index contributed by atoms with van der Waals surface area (Å²) in [7, 11) is 0. The van der Waals surface area contributed by atoms with Crippen LogP contribution in [0.1, 0.15) is 19.4 Å². The summed E-state index contributed by atoms with van der Waals surface area (Å²) in [6, 6.07) is 5.36. The molecule has 0 aliphatic carbocycles. The Labute approximate surface area is 118 Å². The van der Waals surface area contributed by atoms with Gasteiger partial charge in [0.05, 0.1) is 0 Å². The fraction of sp³-hybridized carbons (Fsp3) is 0.429. The van der Waals surface area contributed by atoms with Crippen LogP contribution in [-0.4, -0.2) is 29.0 Å². The number of primary amides is 1.